The summed E-state index contributed by atoms with van der Waals surface area (Å²) >= 11 is 0. The van der Waals surface area contributed by atoms with Crippen LogP contribution in [0.1, 0.15) is 25.0 Å². The first-order valence-electron chi connectivity index (χ1n) is 9.16. The predicted molar refractivity (Wildman–Crippen MR) is 111 cm³/mol. The number of hydrogen-bond donors (Lipinski definition) is 1. The van der Waals surface area contributed by atoms with Gasteiger partial charge in [0, 0.05) is 52.6 Å². The normalized spacial score (nSPS) is 12.4. The number of rotatable bonds is 5. The van der Waals surface area contributed by atoms with Crippen LogP contribution in [0.5, 0.6) is 5.75 Å². The minimum absolute atomic E-state index is 0.120. The van der Waals surface area contributed by atoms with Gasteiger partial charge in [0.25, 0.3) is 0 Å². The van der Waals surface area contributed by atoms with Crippen LogP contribution in [-0.2, 0) is 18.4 Å². The molecule has 3 aromatic heterocycles. The number of nitrogens with zero attached hydrogens (tertiary/aromatic N) is 5. The summed E-state index contributed by atoms with van der Waals surface area (Å²) in [7, 11) is 3.46. The Labute approximate surface area is 167 Å². The van der Waals surface area contributed by atoms with Gasteiger partial charge in [-0.3, -0.25) is 19.1 Å². The Morgan fingerprint density at radius 2 is 1.97 bits per heavy atom. The van der Waals surface area contributed by atoms with Gasteiger partial charge in [0.2, 0.25) is 0 Å². The van der Waals surface area contributed by atoms with Crippen molar-refractivity contribution in [3.05, 3.63) is 53.7 Å². The number of hydrogen-bond acceptors (Lipinski definition) is 6. The van der Waals surface area contributed by atoms with E-state index in [9.17, 15) is 4.79 Å². The average molecular weight is 390 g/mol. The second-order valence-electron chi connectivity index (χ2n) is 7.07. The van der Waals surface area contributed by atoms with Gasteiger partial charge in [-0.05, 0) is 26.0 Å². The van der Waals surface area contributed by atoms with E-state index in [1.54, 1.807) is 31.1 Å². The van der Waals surface area contributed by atoms with Crippen molar-refractivity contribution in [2.75, 3.05) is 7.11 Å². The number of fused-ring (bicyclic) bond motifs is 3. The second-order valence-corrected chi connectivity index (χ2v) is 7.07. The molecule has 8 nitrogen and oxygen atoms in total. The fourth-order valence-corrected chi connectivity index (χ4v) is 3.68. The number of aromatic nitrogens is 5. The van der Waals surface area contributed by atoms with Gasteiger partial charge in [0.1, 0.15) is 5.75 Å². The van der Waals surface area contributed by atoms with Gasteiger partial charge in [-0.15, -0.1) is 0 Å². The number of allylic oxidation sites excluding steroid dienone is 2. The van der Waals surface area contributed by atoms with Crippen LogP contribution in [0, 0.1) is 0 Å². The van der Waals surface area contributed by atoms with Gasteiger partial charge < -0.3 is 10.5 Å². The van der Waals surface area contributed by atoms with Crippen LogP contribution in [-0.4, -0.2) is 37.4 Å². The maximum absolute atomic E-state index is 12.2. The largest absolute Gasteiger partial charge is 0.496 e. The highest BCUT2D eigenvalue weighted by Gasteiger charge is 2.19. The van der Waals surface area contributed by atoms with Crippen molar-refractivity contribution >= 4 is 33.2 Å². The third-order valence-electron chi connectivity index (χ3n) is 4.89. The number of benzene rings is 1. The number of carbonyl (C=O) groups is 1. The molecule has 0 radical (unpaired) electrons. The lowest BCUT2D eigenvalue weighted by Gasteiger charge is -2.14. The summed E-state index contributed by atoms with van der Waals surface area (Å²) in [6, 6.07) is 3.75. The second kappa shape index (κ2) is 7.05. The topological polar surface area (TPSA) is 101 Å². The molecule has 0 bridgehead atoms. The number of Topliss-reactive ketones (excluding diaryl/α,β-unsaturated/α-hetero) is 1. The summed E-state index contributed by atoms with van der Waals surface area (Å²) in [4.78, 5) is 16.8. The number of nitrogens with two attached hydrogens (primary N) is 1. The molecule has 0 spiro atoms. The maximum atomic E-state index is 12.2. The molecule has 0 aliphatic carbocycles. The van der Waals surface area contributed by atoms with Crippen LogP contribution in [0.4, 0.5) is 0 Å². The summed E-state index contributed by atoms with van der Waals surface area (Å²) in [6.45, 7) is 3.79. The molecule has 0 fully saturated rings. The minimum atomic E-state index is -0.120. The number of methoxy groups -OCH3 is 1. The van der Waals surface area contributed by atoms with E-state index in [1.807, 2.05) is 36.3 Å². The zero-order valence-corrected chi connectivity index (χ0v) is 16.8. The third kappa shape index (κ3) is 3.22. The molecule has 4 aromatic rings. The predicted octanol–water partition coefficient (Wildman–Crippen LogP) is 2.65. The zero-order valence-electron chi connectivity index (χ0n) is 16.8. The average Bonchev–Trinajstić information content (AvgIpc) is 3.27. The van der Waals surface area contributed by atoms with Crippen LogP contribution in [0.15, 0.2) is 42.6 Å². The van der Waals surface area contributed by atoms with Crippen molar-refractivity contribution in [3.8, 4) is 5.75 Å². The van der Waals surface area contributed by atoms with Crippen LogP contribution in [0.2, 0.25) is 0 Å². The maximum Gasteiger partial charge on any atom is 0.162 e. The Morgan fingerprint density at radius 1 is 1.17 bits per heavy atom. The molecule has 4 rings (SSSR count). The lowest BCUT2D eigenvalue weighted by Crippen LogP contribution is -2.07. The van der Waals surface area contributed by atoms with Gasteiger partial charge >= 0.3 is 0 Å². The molecule has 0 amide bonds. The molecule has 2 N–H and O–H groups in total. The van der Waals surface area contributed by atoms with Gasteiger partial charge in [0.05, 0.1) is 37.1 Å². The van der Waals surface area contributed by atoms with E-state index < -0.39 is 0 Å². The van der Waals surface area contributed by atoms with Crippen molar-refractivity contribution in [3.63, 3.8) is 0 Å². The zero-order chi connectivity index (χ0) is 20.7. The fourth-order valence-electron chi connectivity index (χ4n) is 3.68. The van der Waals surface area contributed by atoms with Gasteiger partial charge in [0.15, 0.2) is 5.78 Å². The van der Waals surface area contributed by atoms with Crippen LogP contribution in [0.25, 0.3) is 27.4 Å². The molecule has 0 saturated heterocycles. The summed E-state index contributed by atoms with van der Waals surface area (Å²) in [5, 5.41) is 10.6. The molecule has 0 unspecified atom stereocenters. The smallest absolute Gasteiger partial charge is 0.162 e. The third-order valence-corrected chi connectivity index (χ3v) is 4.89. The lowest BCUT2D eigenvalue weighted by molar-refractivity contribution is -0.111. The molecule has 0 saturated carbocycles. The molecule has 8 heteroatoms. The number of ether oxygens (including phenoxy) is 1. The number of pyridine rings is 1. The molecular weight excluding hydrogens is 368 g/mol. The van der Waals surface area contributed by atoms with Crippen molar-refractivity contribution in [1.82, 2.24) is 24.5 Å². The van der Waals surface area contributed by atoms with E-state index in [2.05, 4.69) is 15.2 Å². The first kappa shape index (κ1) is 18.7. The van der Waals surface area contributed by atoms with E-state index in [4.69, 9.17) is 10.5 Å². The summed E-state index contributed by atoms with van der Waals surface area (Å²) in [5.74, 6) is 0.446. The Hall–Kier alpha value is -3.68. The summed E-state index contributed by atoms with van der Waals surface area (Å²) in [6.07, 6.45) is 7.36. The molecule has 3 heterocycles. The SMILES string of the molecule is COc1cc2c(cc1C(C(C)=O)=C(C)N)ncc1cnn(Cc3cnn(C)c3)c12. The lowest BCUT2D eigenvalue weighted by atomic mass is 9.97. The molecule has 1 aromatic carbocycles. The fraction of sp³-hybridized carbons (Fsp3) is 0.238. The first-order valence-corrected chi connectivity index (χ1v) is 9.16. The Bertz CT molecular complexity index is 1280. The molecule has 0 aliphatic heterocycles. The Kier molecular flexibility index (Phi) is 4.54. The van der Waals surface area contributed by atoms with Crippen LogP contribution < -0.4 is 10.5 Å². The quantitative estimate of drug-likeness (QED) is 0.526. The van der Waals surface area contributed by atoms with Crippen molar-refractivity contribution < 1.29 is 9.53 Å². The molecule has 148 valence electrons. The first-order chi connectivity index (χ1) is 13.9. The van der Waals surface area contributed by atoms with Crippen molar-refractivity contribution in [2.24, 2.45) is 12.8 Å². The van der Waals surface area contributed by atoms with E-state index in [0.29, 0.717) is 29.1 Å². The van der Waals surface area contributed by atoms with E-state index in [1.165, 1.54) is 6.92 Å². The van der Waals surface area contributed by atoms with E-state index >= 15 is 0 Å². The monoisotopic (exact) mass is 390 g/mol. The van der Waals surface area contributed by atoms with Gasteiger partial charge in [-0.25, -0.2) is 0 Å². The van der Waals surface area contributed by atoms with Crippen LogP contribution >= 0.6 is 0 Å². The van der Waals surface area contributed by atoms with Gasteiger partial charge in [-0.1, -0.05) is 0 Å². The van der Waals surface area contributed by atoms with Crippen molar-refractivity contribution in [1.29, 1.82) is 0 Å². The Balaban J connectivity index is 1.96. The van der Waals surface area contributed by atoms with Gasteiger partial charge in [-0.2, -0.15) is 10.2 Å². The van der Waals surface area contributed by atoms with Crippen molar-refractivity contribution in [2.45, 2.75) is 20.4 Å². The molecule has 0 aliphatic rings. The summed E-state index contributed by atoms with van der Waals surface area (Å²) < 4.78 is 9.30. The highest BCUT2D eigenvalue weighted by Crippen LogP contribution is 2.34. The number of carbonyl (C=O) groups excluding carboxylic acids is 1. The highest BCUT2D eigenvalue weighted by molar-refractivity contribution is 6.22. The Morgan fingerprint density at radius 3 is 2.59 bits per heavy atom. The molecule has 0 atom stereocenters. The summed E-state index contributed by atoms with van der Waals surface area (Å²) in [5.41, 5.74) is 10.2. The standard InChI is InChI=1S/C21H22N6O2/c1-12(22)20(13(2)28)17-5-18-16(6-19(17)29-4)21-15(8-23-18)9-25-27(21)11-14-7-24-26(3)10-14/h5-10H,11,22H2,1-4H3. The molecular formula is C21H22N6O2. The number of ketones is 1. The van der Waals surface area contributed by atoms with E-state index in [-0.39, 0.29) is 5.78 Å². The van der Waals surface area contributed by atoms with E-state index in [0.717, 1.165) is 27.4 Å². The number of aryl methyl sites for hydroxylation is 1. The van der Waals surface area contributed by atoms with Crippen LogP contribution in [0.3, 0.4) is 0 Å². The molecule has 29 heavy (non-hydrogen) atoms. The highest BCUT2D eigenvalue weighted by atomic mass is 16.5. The minimum Gasteiger partial charge on any atom is -0.496 e.